The van der Waals surface area contributed by atoms with Crippen LogP contribution in [0, 0.1) is 16.7 Å². The Kier molecular flexibility index (Phi) is 5.12. The van der Waals surface area contributed by atoms with E-state index in [1.165, 1.54) is 6.92 Å². The molecule has 104 valence electrons. The molecule has 2 nitrogen and oxygen atoms in total. The van der Waals surface area contributed by atoms with Gasteiger partial charge in [-0.15, -0.1) is 0 Å². The van der Waals surface area contributed by atoms with Gasteiger partial charge >= 0.3 is 6.18 Å². The number of rotatable bonds is 3. The van der Waals surface area contributed by atoms with E-state index < -0.39 is 11.7 Å². The normalized spacial score (nSPS) is 13.5. The highest BCUT2D eigenvalue weighted by atomic mass is 35.5. The molecule has 0 spiro atoms. The minimum Gasteiger partial charge on any atom is -0.308 e. The van der Waals surface area contributed by atoms with Crippen LogP contribution in [0.3, 0.4) is 0 Å². The highest BCUT2D eigenvalue weighted by molar-refractivity contribution is 6.30. The maximum absolute atomic E-state index is 12.6. The molecule has 0 heterocycles. The van der Waals surface area contributed by atoms with E-state index in [4.69, 9.17) is 22.3 Å². The van der Waals surface area contributed by atoms with Gasteiger partial charge in [0.15, 0.2) is 0 Å². The van der Waals surface area contributed by atoms with E-state index in [0.717, 1.165) is 0 Å². The molecule has 0 aliphatic carbocycles. The Hall–Kier alpha value is -2.06. The summed E-state index contributed by atoms with van der Waals surface area (Å²) < 4.78 is 37.7. The molecule has 0 aliphatic heterocycles. The Morgan fingerprint density at radius 1 is 1.30 bits per heavy atom. The minimum atomic E-state index is -4.66. The number of nitriles is 1. The lowest BCUT2D eigenvalue weighted by Crippen LogP contribution is -2.13. The Labute approximate surface area is 119 Å². The van der Waals surface area contributed by atoms with Crippen molar-refractivity contribution in [2.24, 2.45) is 0 Å². The van der Waals surface area contributed by atoms with Crippen molar-refractivity contribution >= 4 is 23.4 Å². The molecule has 1 aromatic carbocycles. The molecule has 0 saturated heterocycles. The van der Waals surface area contributed by atoms with Crippen molar-refractivity contribution in [1.29, 1.82) is 10.7 Å². The molecule has 0 aliphatic rings. The van der Waals surface area contributed by atoms with Crippen molar-refractivity contribution in [2.45, 2.75) is 13.1 Å². The van der Waals surface area contributed by atoms with Crippen LogP contribution in [-0.4, -0.2) is 12.4 Å². The first-order chi connectivity index (χ1) is 9.29. The van der Waals surface area contributed by atoms with Crippen molar-refractivity contribution in [1.82, 2.24) is 0 Å². The number of alkyl halides is 3. The molecule has 20 heavy (non-hydrogen) atoms. The molecule has 0 bridgehead atoms. The Balaban J connectivity index is 3.34. The van der Waals surface area contributed by atoms with Crippen molar-refractivity contribution in [3.8, 4) is 6.07 Å². The summed E-state index contributed by atoms with van der Waals surface area (Å²) in [6.07, 6.45) is -3.81. The van der Waals surface area contributed by atoms with E-state index in [1.54, 1.807) is 30.3 Å². The molecule has 0 saturated carbocycles. The van der Waals surface area contributed by atoms with E-state index in [-0.39, 0.29) is 11.8 Å². The van der Waals surface area contributed by atoms with Crippen LogP contribution < -0.4 is 0 Å². The quantitative estimate of drug-likeness (QED) is 0.487. The lowest BCUT2D eigenvalue weighted by molar-refractivity contribution is -0.0856. The molecule has 0 aromatic heterocycles. The fourth-order valence-corrected chi connectivity index (χ4v) is 1.57. The number of hydrogen-bond acceptors (Lipinski definition) is 2. The van der Waals surface area contributed by atoms with Gasteiger partial charge in [0.2, 0.25) is 0 Å². The van der Waals surface area contributed by atoms with Gasteiger partial charge in [0.1, 0.15) is 0 Å². The molecule has 1 rings (SSSR count). The van der Waals surface area contributed by atoms with Crippen molar-refractivity contribution in [3.63, 3.8) is 0 Å². The van der Waals surface area contributed by atoms with Gasteiger partial charge in [0.05, 0.1) is 17.2 Å². The van der Waals surface area contributed by atoms with Crippen LogP contribution in [0.4, 0.5) is 13.2 Å². The summed E-state index contributed by atoms with van der Waals surface area (Å²) in [4.78, 5) is 0. The average Bonchev–Trinajstić information content (AvgIpc) is 2.38. The summed E-state index contributed by atoms with van der Waals surface area (Å²) in [6.45, 7) is 1.54. The van der Waals surface area contributed by atoms with Gasteiger partial charge in [0, 0.05) is 11.2 Å². The Morgan fingerprint density at radius 3 is 2.25 bits per heavy atom. The second-order valence-corrected chi connectivity index (χ2v) is 4.34. The van der Waals surface area contributed by atoms with Gasteiger partial charge in [-0.2, -0.15) is 18.4 Å². The fourth-order valence-electron chi connectivity index (χ4n) is 1.44. The summed E-state index contributed by atoms with van der Waals surface area (Å²) in [5, 5.41) is 16.3. The van der Waals surface area contributed by atoms with E-state index >= 15 is 0 Å². The van der Waals surface area contributed by atoms with Crippen LogP contribution >= 0.6 is 11.6 Å². The number of nitrogens with zero attached hydrogens (tertiary/aromatic N) is 1. The monoisotopic (exact) mass is 298 g/mol. The van der Waals surface area contributed by atoms with E-state index in [1.807, 2.05) is 0 Å². The first-order valence-electron chi connectivity index (χ1n) is 5.46. The molecular formula is C14H10ClF3N2. The van der Waals surface area contributed by atoms with Crippen LogP contribution in [0.25, 0.3) is 5.57 Å². The van der Waals surface area contributed by atoms with E-state index in [0.29, 0.717) is 22.2 Å². The van der Waals surface area contributed by atoms with Gasteiger partial charge < -0.3 is 5.41 Å². The zero-order valence-corrected chi connectivity index (χ0v) is 11.2. The fraction of sp³-hybridized carbons (Fsp3) is 0.143. The lowest BCUT2D eigenvalue weighted by atomic mass is 10.0. The third-order valence-electron chi connectivity index (χ3n) is 2.58. The number of nitrogens with one attached hydrogen (secondary N) is 1. The summed E-state index contributed by atoms with van der Waals surface area (Å²) in [7, 11) is 0. The second kappa shape index (κ2) is 6.40. The zero-order chi connectivity index (χ0) is 15.3. The molecule has 1 N–H and O–H groups in total. The SMILES string of the molecule is C/C(=C(C#N)\C=C(/C=N)C(F)(F)F)c1ccc(Cl)cc1. The topological polar surface area (TPSA) is 47.6 Å². The summed E-state index contributed by atoms with van der Waals surface area (Å²) >= 11 is 5.72. The highest BCUT2D eigenvalue weighted by Crippen LogP contribution is 2.27. The van der Waals surface area contributed by atoms with Gasteiger partial charge in [-0.05, 0) is 36.3 Å². The molecule has 0 unspecified atom stereocenters. The smallest absolute Gasteiger partial charge is 0.308 e. The molecule has 0 amide bonds. The van der Waals surface area contributed by atoms with Crippen LogP contribution in [0.5, 0.6) is 0 Å². The van der Waals surface area contributed by atoms with Gasteiger partial charge in [-0.3, -0.25) is 0 Å². The third kappa shape index (κ3) is 3.97. The number of halogens is 4. The first kappa shape index (κ1) is 16.0. The average molecular weight is 299 g/mol. The highest BCUT2D eigenvalue weighted by Gasteiger charge is 2.32. The van der Waals surface area contributed by atoms with Crippen LogP contribution in [-0.2, 0) is 0 Å². The molecule has 6 heteroatoms. The first-order valence-corrected chi connectivity index (χ1v) is 5.83. The number of hydrogen-bond donors (Lipinski definition) is 1. The Bertz CT molecular complexity index is 605. The van der Waals surface area contributed by atoms with E-state index in [9.17, 15) is 13.2 Å². The van der Waals surface area contributed by atoms with Crippen LogP contribution in [0.2, 0.25) is 5.02 Å². The predicted octanol–water partition coefficient (Wildman–Crippen LogP) is 4.78. The standard InChI is InChI=1S/C14H10ClF3N2/c1-9(10-2-4-13(15)5-3-10)11(7-19)6-12(8-20)14(16,17)18/h2-6,8,20H,1H3/b11-9-,12-6+,20-8?. The van der Waals surface area contributed by atoms with Crippen LogP contribution in [0.15, 0.2) is 41.5 Å². The summed E-state index contributed by atoms with van der Waals surface area (Å²) in [6, 6.07) is 8.11. The number of benzene rings is 1. The predicted molar refractivity (Wildman–Crippen MR) is 72.6 cm³/mol. The maximum atomic E-state index is 12.6. The zero-order valence-electron chi connectivity index (χ0n) is 10.4. The van der Waals surface area contributed by atoms with E-state index in [2.05, 4.69) is 0 Å². The van der Waals surface area contributed by atoms with Crippen LogP contribution in [0.1, 0.15) is 12.5 Å². The minimum absolute atomic E-state index is 0.150. The Morgan fingerprint density at radius 2 is 1.85 bits per heavy atom. The van der Waals surface area contributed by atoms with Crippen molar-refractivity contribution in [3.05, 3.63) is 52.1 Å². The largest absolute Gasteiger partial charge is 0.417 e. The van der Waals surface area contributed by atoms with Gasteiger partial charge in [0.25, 0.3) is 0 Å². The van der Waals surface area contributed by atoms with Crippen molar-refractivity contribution < 1.29 is 13.2 Å². The molecule has 0 radical (unpaired) electrons. The number of allylic oxidation sites excluding steroid dienone is 4. The van der Waals surface area contributed by atoms with Gasteiger partial charge in [-0.1, -0.05) is 23.7 Å². The second-order valence-electron chi connectivity index (χ2n) is 3.90. The summed E-state index contributed by atoms with van der Waals surface area (Å²) in [5.74, 6) is 0. The lowest BCUT2D eigenvalue weighted by Gasteiger charge is -2.08. The molecular weight excluding hydrogens is 289 g/mol. The molecule has 1 aromatic rings. The summed E-state index contributed by atoms with van der Waals surface area (Å²) in [5.41, 5.74) is -0.355. The molecule has 0 fully saturated rings. The maximum Gasteiger partial charge on any atom is 0.417 e. The third-order valence-corrected chi connectivity index (χ3v) is 2.84. The van der Waals surface area contributed by atoms with Gasteiger partial charge in [-0.25, -0.2) is 0 Å². The molecule has 0 atom stereocenters. The van der Waals surface area contributed by atoms with Crippen molar-refractivity contribution in [2.75, 3.05) is 0 Å².